The number of nitrogens with one attached hydrogen (secondary N) is 2. The first kappa shape index (κ1) is 20.1. The molecule has 1 aromatic carbocycles. The van der Waals surface area contributed by atoms with E-state index in [4.69, 9.17) is 0 Å². The van der Waals surface area contributed by atoms with E-state index in [2.05, 4.69) is 26.9 Å². The van der Waals surface area contributed by atoms with Gasteiger partial charge in [-0.2, -0.15) is 0 Å². The number of carbonyl (C=O) groups excluding carboxylic acids is 2. The quantitative estimate of drug-likeness (QED) is 0.552. The van der Waals surface area contributed by atoms with Crippen LogP contribution in [0.4, 0.5) is 4.79 Å². The predicted octanol–water partition coefficient (Wildman–Crippen LogP) is 3.09. The van der Waals surface area contributed by atoms with Crippen LogP contribution in [-0.4, -0.2) is 32.0 Å². The van der Waals surface area contributed by atoms with Crippen molar-refractivity contribution in [3.8, 4) is 0 Å². The SMILES string of the molecule is C[C@H](Sc1nncn1CCc1cccs1)C(=O)NC(=O)NCc1ccccc1. The number of benzene rings is 1. The molecule has 1 atom stereocenters. The molecule has 0 aliphatic heterocycles. The summed E-state index contributed by atoms with van der Waals surface area (Å²) >= 11 is 2.99. The average molecular weight is 416 g/mol. The van der Waals surface area contributed by atoms with Crippen LogP contribution >= 0.6 is 23.1 Å². The van der Waals surface area contributed by atoms with Crippen LogP contribution in [0.5, 0.6) is 0 Å². The molecule has 0 aliphatic carbocycles. The Bertz CT molecular complexity index is 896. The summed E-state index contributed by atoms with van der Waals surface area (Å²) in [7, 11) is 0. The van der Waals surface area contributed by atoms with Crippen molar-refractivity contribution < 1.29 is 9.59 Å². The van der Waals surface area contributed by atoms with Gasteiger partial charge in [-0.25, -0.2) is 4.79 Å². The van der Waals surface area contributed by atoms with E-state index in [9.17, 15) is 9.59 Å². The van der Waals surface area contributed by atoms with Gasteiger partial charge in [-0.15, -0.1) is 21.5 Å². The molecule has 3 rings (SSSR count). The van der Waals surface area contributed by atoms with Gasteiger partial charge in [0.25, 0.3) is 0 Å². The van der Waals surface area contributed by atoms with E-state index in [-0.39, 0.29) is 5.91 Å². The molecule has 3 aromatic rings. The van der Waals surface area contributed by atoms with Gasteiger partial charge in [-0.3, -0.25) is 10.1 Å². The molecular formula is C19H21N5O2S2. The van der Waals surface area contributed by atoms with E-state index >= 15 is 0 Å². The maximum absolute atomic E-state index is 12.3. The van der Waals surface area contributed by atoms with E-state index < -0.39 is 11.3 Å². The van der Waals surface area contributed by atoms with Gasteiger partial charge in [-0.05, 0) is 30.4 Å². The van der Waals surface area contributed by atoms with Crippen LogP contribution in [0.25, 0.3) is 0 Å². The van der Waals surface area contributed by atoms with Gasteiger partial charge < -0.3 is 9.88 Å². The van der Waals surface area contributed by atoms with Crippen molar-refractivity contribution in [1.82, 2.24) is 25.4 Å². The second kappa shape index (κ2) is 10.0. The zero-order chi connectivity index (χ0) is 19.8. The molecule has 2 heterocycles. The van der Waals surface area contributed by atoms with E-state index in [1.807, 2.05) is 46.3 Å². The number of aryl methyl sites for hydroxylation is 2. The zero-order valence-electron chi connectivity index (χ0n) is 15.4. The fourth-order valence-corrected chi connectivity index (χ4v) is 3.97. The second-order valence-corrected chi connectivity index (χ2v) is 8.39. The molecule has 0 bridgehead atoms. The Labute approximate surface area is 171 Å². The third-order valence-electron chi connectivity index (χ3n) is 3.94. The smallest absolute Gasteiger partial charge is 0.321 e. The average Bonchev–Trinajstić information content (AvgIpc) is 3.37. The molecule has 2 aromatic heterocycles. The molecule has 3 amide bonds. The molecular weight excluding hydrogens is 394 g/mol. The van der Waals surface area contributed by atoms with Crippen LogP contribution in [0.1, 0.15) is 17.4 Å². The Morgan fingerprint density at radius 2 is 2.04 bits per heavy atom. The molecule has 28 heavy (non-hydrogen) atoms. The normalized spacial score (nSPS) is 11.8. The standard InChI is InChI=1S/C19H21N5O2S2/c1-14(17(25)22-18(26)20-12-15-6-3-2-4-7-15)28-19-23-21-13-24(19)10-9-16-8-5-11-27-16/h2-8,11,13-14H,9-10,12H2,1H3,(H2,20,22,25,26)/t14-/m0/s1. The fourth-order valence-electron chi connectivity index (χ4n) is 2.42. The van der Waals surface area contributed by atoms with Crippen molar-refractivity contribution in [1.29, 1.82) is 0 Å². The summed E-state index contributed by atoms with van der Waals surface area (Å²) in [5, 5.41) is 15.3. The topological polar surface area (TPSA) is 88.9 Å². The van der Waals surface area contributed by atoms with Crippen LogP contribution in [0.15, 0.2) is 59.3 Å². The van der Waals surface area contributed by atoms with Crippen molar-refractivity contribution in [2.75, 3.05) is 0 Å². The minimum absolute atomic E-state index is 0.360. The highest BCUT2D eigenvalue weighted by Gasteiger charge is 2.19. The number of carbonyl (C=O) groups is 2. The van der Waals surface area contributed by atoms with Gasteiger partial charge in [0.1, 0.15) is 6.33 Å². The van der Waals surface area contributed by atoms with Crippen LogP contribution in [0.2, 0.25) is 0 Å². The number of thioether (sulfide) groups is 1. The number of hydrogen-bond acceptors (Lipinski definition) is 6. The van der Waals surface area contributed by atoms with E-state index in [1.165, 1.54) is 16.6 Å². The number of urea groups is 1. The van der Waals surface area contributed by atoms with Gasteiger partial charge in [0.2, 0.25) is 5.91 Å². The number of aromatic nitrogens is 3. The van der Waals surface area contributed by atoms with Crippen molar-refractivity contribution >= 4 is 35.0 Å². The summed E-state index contributed by atoms with van der Waals surface area (Å²) in [4.78, 5) is 25.5. The van der Waals surface area contributed by atoms with Gasteiger partial charge in [0, 0.05) is 18.0 Å². The highest BCUT2D eigenvalue weighted by atomic mass is 32.2. The summed E-state index contributed by atoms with van der Waals surface area (Å²) in [6.07, 6.45) is 2.54. The molecule has 0 saturated heterocycles. The molecule has 2 N–H and O–H groups in total. The summed E-state index contributed by atoms with van der Waals surface area (Å²) in [6, 6.07) is 13.1. The van der Waals surface area contributed by atoms with E-state index in [0.29, 0.717) is 11.7 Å². The van der Waals surface area contributed by atoms with Gasteiger partial charge in [-0.1, -0.05) is 48.2 Å². The summed E-state index contributed by atoms with van der Waals surface area (Å²) in [5.74, 6) is -0.372. The van der Waals surface area contributed by atoms with Gasteiger partial charge >= 0.3 is 6.03 Å². The number of imide groups is 1. The molecule has 0 radical (unpaired) electrons. The third kappa shape index (κ3) is 5.93. The van der Waals surface area contributed by atoms with Crippen molar-refractivity contribution in [2.45, 2.75) is 36.8 Å². The summed E-state index contributed by atoms with van der Waals surface area (Å²) < 4.78 is 1.92. The minimum Gasteiger partial charge on any atom is -0.334 e. The summed E-state index contributed by atoms with van der Waals surface area (Å²) in [5.41, 5.74) is 0.964. The molecule has 0 aliphatic rings. The first-order chi connectivity index (χ1) is 13.6. The van der Waals surface area contributed by atoms with E-state index in [0.717, 1.165) is 18.5 Å². The lowest BCUT2D eigenvalue weighted by Gasteiger charge is -2.12. The second-order valence-electron chi connectivity index (χ2n) is 6.05. The first-order valence-electron chi connectivity index (χ1n) is 8.81. The number of amides is 3. The van der Waals surface area contributed by atoms with Crippen molar-refractivity contribution in [3.05, 3.63) is 64.6 Å². The molecule has 0 saturated carbocycles. The molecule has 9 heteroatoms. The van der Waals surface area contributed by atoms with Crippen LogP contribution in [0, 0.1) is 0 Å². The maximum Gasteiger partial charge on any atom is 0.321 e. The highest BCUT2D eigenvalue weighted by Crippen LogP contribution is 2.21. The van der Waals surface area contributed by atoms with Gasteiger partial charge in [0.05, 0.1) is 5.25 Å². The maximum atomic E-state index is 12.3. The largest absolute Gasteiger partial charge is 0.334 e. The Morgan fingerprint density at radius 3 is 2.79 bits per heavy atom. The molecule has 0 spiro atoms. The van der Waals surface area contributed by atoms with Crippen LogP contribution in [-0.2, 0) is 24.3 Å². The Balaban J connectivity index is 1.46. The Hall–Kier alpha value is -2.65. The van der Waals surface area contributed by atoms with Crippen molar-refractivity contribution in [3.63, 3.8) is 0 Å². The molecule has 0 fully saturated rings. The first-order valence-corrected chi connectivity index (χ1v) is 10.6. The van der Waals surface area contributed by atoms with Crippen molar-refractivity contribution in [2.24, 2.45) is 0 Å². The lowest BCUT2D eigenvalue weighted by Crippen LogP contribution is -2.42. The molecule has 146 valence electrons. The number of nitrogens with zero attached hydrogens (tertiary/aromatic N) is 3. The Morgan fingerprint density at radius 1 is 1.21 bits per heavy atom. The monoisotopic (exact) mass is 415 g/mol. The number of thiophene rings is 1. The fraction of sp³-hybridized carbons (Fsp3) is 0.263. The van der Waals surface area contributed by atoms with Crippen LogP contribution < -0.4 is 10.6 Å². The van der Waals surface area contributed by atoms with Gasteiger partial charge in [0.15, 0.2) is 5.16 Å². The number of hydrogen-bond donors (Lipinski definition) is 2. The third-order valence-corrected chi connectivity index (χ3v) is 5.97. The molecule has 0 unspecified atom stereocenters. The lowest BCUT2D eigenvalue weighted by molar-refractivity contribution is -0.119. The zero-order valence-corrected chi connectivity index (χ0v) is 17.0. The Kier molecular flexibility index (Phi) is 7.21. The molecule has 7 nitrogen and oxygen atoms in total. The lowest BCUT2D eigenvalue weighted by atomic mass is 10.2. The van der Waals surface area contributed by atoms with Crippen LogP contribution in [0.3, 0.4) is 0 Å². The summed E-state index contributed by atoms with van der Waals surface area (Å²) in [6.45, 7) is 2.84. The number of rotatable bonds is 8. The van der Waals surface area contributed by atoms with E-state index in [1.54, 1.807) is 24.6 Å². The predicted molar refractivity (Wildman–Crippen MR) is 110 cm³/mol. The minimum atomic E-state index is -0.513. The highest BCUT2D eigenvalue weighted by molar-refractivity contribution is 8.00.